The number of fused-ring (bicyclic) bond motifs is 1. The third kappa shape index (κ3) is 5.59. The van der Waals surface area contributed by atoms with E-state index in [1.54, 1.807) is 24.5 Å². The van der Waals surface area contributed by atoms with Gasteiger partial charge in [0, 0.05) is 66.0 Å². The zero-order valence-corrected chi connectivity index (χ0v) is 19.9. The lowest BCUT2D eigenvalue weighted by Gasteiger charge is -2.20. The molecule has 0 aliphatic carbocycles. The molecule has 0 atom stereocenters. The fourth-order valence-corrected chi connectivity index (χ4v) is 3.64. The molecule has 0 unspecified atom stereocenters. The van der Waals surface area contributed by atoms with E-state index in [2.05, 4.69) is 22.4 Å². The molecule has 0 aliphatic rings. The Balaban J connectivity index is 2.03. The average molecular weight is 464 g/mol. The quantitative estimate of drug-likeness (QED) is 0.251. The molecule has 3 rings (SSSR count). The minimum Gasteiger partial charge on any atom is -0.487 e. The molecule has 0 aliphatic heterocycles. The van der Waals surface area contributed by atoms with Crippen molar-refractivity contribution < 1.29 is 14.3 Å². The van der Waals surface area contributed by atoms with Gasteiger partial charge in [-0.2, -0.15) is 0 Å². The molecule has 2 heterocycles. The number of carbonyl (C=O) groups is 1. The van der Waals surface area contributed by atoms with E-state index in [0.29, 0.717) is 21.9 Å². The highest BCUT2D eigenvalue weighted by atomic mass is 35.5. The standard InChI is InChI=1S/C26H26ClN3O3/c1-6-8-23(30(3)4)20-13-17(2)29-26-19(20)9-7-10-24(26)33-16-21-18(11-12-25(31)32-5)14-28-15-22(21)27/h6-15H,1,16H2,2-5H3/b12-11+,23-8-. The molecular formula is C26H26ClN3O3. The molecule has 2 aromatic heterocycles. The molecule has 0 amide bonds. The number of benzene rings is 1. The smallest absolute Gasteiger partial charge is 0.330 e. The van der Waals surface area contributed by atoms with Gasteiger partial charge in [0.15, 0.2) is 0 Å². The van der Waals surface area contributed by atoms with Gasteiger partial charge in [-0.3, -0.25) is 4.98 Å². The maximum absolute atomic E-state index is 11.5. The third-order valence-corrected chi connectivity index (χ3v) is 5.30. The van der Waals surface area contributed by atoms with Crippen LogP contribution in [0.15, 0.2) is 61.5 Å². The number of allylic oxidation sites excluding steroid dienone is 2. The van der Waals surface area contributed by atoms with Crippen LogP contribution in [0.4, 0.5) is 0 Å². The van der Waals surface area contributed by atoms with E-state index in [4.69, 9.17) is 21.3 Å². The Kier molecular flexibility index (Phi) is 7.85. The summed E-state index contributed by atoms with van der Waals surface area (Å²) in [6, 6.07) is 7.89. The normalized spacial score (nSPS) is 11.6. The Labute approximate surface area is 198 Å². The summed E-state index contributed by atoms with van der Waals surface area (Å²) in [5.41, 5.74) is 5.05. The number of esters is 1. The van der Waals surface area contributed by atoms with Gasteiger partial charge in [0.2, 0.25) is 0 Å². The molecule has 170 valence electrons. The number of halogens is 1. The van der Waals surface area contributed by atoms with E-state index < -0.39 is 5.97 Å². The minimum atomic E-state index is -0.465. The van der Waals surface area contributed by atoms with E-state index >= 15 is 0 Å². The van der Waals surface area contributed by atoms with Gasteiger partial charge in [0.05, 0.1) is 12.1 Å². The summed E-state index contributed by atoms with van der Waals surface area (Å²) in [4.78, 5) is 22.4. The minimum absolute atomic E-state index is 0.176. The lowest BCUT2D eigenvalue weighted by molar-refractivity contribution is -0.134. The van der Waals surface area contributed by atoms with E-state index in [-0.39, 0.29) is 6.61 Å². The van der Waals surface area contributed by atoms with Crippen LogP contribution in [0.1, 0.15) is 22.4 Å². The van der Waals surface area contributed by atoms with Crippen LogP contribution >= 0.6 is 11.6 Å². The van der Waals surface area contributed by atoms with Crippen molar-refractivity contribution in [1.82, 2.24) is 14.9 Å². The van der Waals surface area contributed by atoms with Crippen molar-refractivity contribution in [3.8, 4) is 5.75 Å². The summed E-state index contributed by atoms with van der Waals surface area (Å²) in [5, 5.41) is 1.41. The highest BCUT2D eigenvalue weighted by Crippen LogP contribution is 2.32. The number of hydrogen-bond acceptors (Lipinski definition) is 6. The van der Waals surface area contributed by atoms with Crippen molar-refractivity contribution in [2.75, 3.05) is 21.2 Å². The maximum Gasteiger partial charge on any atom is 0.330 e. The Morgan fingerprint density at radius 3 is 2.76 bits per heavy atom. The average Bonchev–Trinajstić information content (AvgIpc) is 2.79. The van der Waals surface area contributed by atoms with Gasteiger partial charge < -0.3 is 14.4 Å². The molecule has 0 fully saturated rings. The molecule has 0 saturated heterocycles. The first kappa shape index (κ1) is 24.0. The number of aryl methyl sites for hydroxylation is 1. The Morgan fingerprint density at radius 1 is 1.27 bits per heavy atom. The number of nitrogens with zero attached hydrogens (tertiary/aromatic N) is 3. The SMILES string of the molecule is C=C/C=C(/c1cc(C)nc2c(OCc3c(Cl)cncc3/C=C/C(=O)OC)cccc12)N(C)C. The van der Waals surface area contributed by atoms with E-state index in [9.17, 15) is 4.79 Å². The first-order valence-electron chi connectivity index (χ1n) is 10.3. The monoisotopic (exact) mass is 463 g/mol. The summed E-state index contributed by atoms with van der Waals surface area (Å²) >= 11 is 6.39. The number of hydrogen-bond donors (Lipinski definition) is 0. The summed E-state index contributed by atoms with van der Waals surface area (Å²) in [5.74, 6) is 0.164. The molecule has 33 heavy (non-hydrogen) atoms. The highest BCUT2D eigenvalue weighted by Gasteiger charge is 2.15. The molecule has 0 spiro atoms. The van der Waals surface area contributed by atoms with Crippen LogP contribution in [-0.2, 0) is 16.1 Å². The van der Waals surface area contributed by atoms with Crippen molar-refractivity contribution in [2.45, 2.75) is 13.5 Å². The van der Waals surface area contributed by atoms with Gasteiger partial charge in [-0.1, -0.05) is 36.4 Å². The Morgan fingerprint density at radius 2 is 2.06 bits per heavy atom. The molecule has 6 nitrogen and oxygen atoms in total. The molecule has 7 heteroatoms. The molecule has 1 aromatic carbocycles. The van der Waals surface area contributed by atoms with E-state index in [1.807, 2.05) is 50.2 Å². The van der Waals surface area contributed by atoms with Crippen molar-refractivity contribution >= 4 is 40.2 Å². The summed E-state index contributed by atoms with van der Waals surface area (Å²) in [7, 11) is 5.31. The first-order valence-corrected chi connectivity index (χ1v) is 10.7. The van der Waals surface area contributed by atoms with Crippen LogP contribution in [0.25, 0.3) is 22.7 Å². The van der Waals surface area contributed by atoms with Crippen molar-refractivity contribution in [1.29, 1.82) is 0 Å². The van der Waals surface area contributed by atoms with Crippen LogP contribution in [-0.4, -0.2) is 42.0 Å². The lowest BCUT2D eigenvalue weighted by Crippen LogP contribution is -2.11. The highest BCUT2D eigenvalue weighted by molar-refractivity contribution is 6.31. The van der Waals surface area contributed by atoms with Gasteiger partial charge in [0.25, 0.3) is 0 Å². The summed E-state index contributed by atoms with van der Waals surface area (Å²) < 4.78 is 10.9. The summed E-state index contributed by atoms with van der Waals surface area (Å²) in [6.07, 6.45) is 9.83. The van der Waals surface area contributed by atoms with Gasteiger partial charge in [0.1, 0.15) is 17.9 Å². The number of ether oxygens (including phenoxy) is 2. The van der Waals surface area contributed by atoms with Gasteiger partial charge >= 0.3 is 5.97 Å². The maximum atomic E-state index is 11.5. The molecule has 0 radical (unpaired) electrons. The number of pyridine rings is 2. The second kappa shape index (κ2) is 10.8. The van der Waals surface area contributed by atoms with Crippen LogP contribution < -0.4 is 4.74 Å². The Hall–Kier alpha value is -3.64. The fourth-order valence-electron chi connectivity index (χ4n) is 3.42. The number of aromatic nitrogens is 2. The largest absolute Gasteiger partial charge is 0.487 e. The van der Waals surface area contributed by atoms with Crippen LogP contribution in [0.3, 0.4) is 0 Å². The van der Waals surface area contributed by atoms with Crippen LogP contribution in [0.2, 0.25) is 5.02 Å². The van der Waals surface area contributed by atoms with Gasteiger partial charge in [-0.15, -0.1) is 0 Å². The Bertz CT molecular complexity index is 1250. The van der Waals surface area contributed by atoms with Crippen molar-refractivity contribution in [3.05, 3.63) is 88.9 Å². The molecule has 0 saturated carbocycles. The summed E-state index contributed by atoms with van der Waals surface area (Å²) in [6.45, 7) is 5.97. The van der Waals surface area contributed by atoms with Crippen molar-refractivity contribution in [3.63, 3.8) is 0 Å². The fraction of sp³-hybridized carbons (Fsp3) is 0.192. The third-order valence-electron chi connectivity index (χ3n) is 4.97. The van der Waals surface area contributed by atoms with E-state index in [1.165, 1.54) is 13.2 Å². The van der Waals surface area contributed by atoms with Crippen LogP contribution in [0.5, 0.6) is 5.75 Å². The number of methoxy groups -OCH3 is 1. The zero-order chi connectivity index (χ0) is 24.0. The molecule has 3 aromatic rings. The first-order chi connectivity index (χ1) is 15.8. The zero-order valence-electron chi connectivity index (χ0n) is 19.1. The second-order valence-corrected chi connectivity index (χ2v) is 7.89. The van der Waals surface area contributed by atoms with Gasteiger partial charge in [-0.25, -0.2) is 9.78 Å². The molecular weight excluding hydrogens is 438 g/mol. The van der Waals surface area contributed by atoms with Crippen LogP contribution in [0, 0.1) is 6.92 Å². The van der Waals surface area contributed by atoms with E-state index in [0.717, 1.165) is 27.9 Å². The molecule has 0 N–H and O–H groups in total. The van der Waals surface area contributed by atoms with Crippen molar-refractivity contribution in [2.24, 2.45) is 0 Å². The molecule has 0 bridgehead atoms. The topological polar surface area (TPSA) is 64.5 Å². The predicted molar refractivity (Wildman–Crippen MR) is 133 cm³/mol. The van der Waals surface area contributed by atoms with Gasteiger partial charge in [-0.05, 0) is 31.2 Å². The number of para-hydroxylation sites is 1. The lowest BCUT2D eigenvalue weighted by atomic mass is 10.0. The number of carbonyl (C=O) groups excluding carboxylic acids is 1. The predicted octanol–water partition coefficient (Wildman–Crippen LogP) is 5.45. The second-order valence-electron chi connectivity index (χ2n) is 7.48. The number of rotatable bonds is 8.